The van der Waals surface area contributed by atoms with Crippen molar-refractivity contribution in [3.05, 3.63) is 35.4 Å². The fourth-order valence-electron chi connectivity index (χ4n) is 2.95. The molecule has 0 aromatic heterocycles. The van der Waals surface area contributed by atoms with Crippen molar-refractivity contribution < 1.29 is 23.9 Å². The van der Waals surface area contributed by atoms with E-state index < -0.39 is 29.4 Å². The van der Waals surface area contributed by atoms with E-state index in [1.54, 1.807) is 12.1 Å². The summed E-state index contributed by atoms with van der Waals surface area (Å²) in [6.07, 6.45) is 2.20. The molecule has 1 unspecified atom stereocenters. The van der Waals surface area contributed by atoms with Crippen LogP contribution in [0, 0.1) is 6.92 Å². The van der Waals surface area contributed by atoms with Crippen LogP contribution < -0.4 is 5.32 Å². The lowest BCUT2D eigenvalue weighted by Gasteiger charge is -2.36. The van der Waals surface area contributed by atoms with Crippen molar-refractivity contribution in [2.24, 2.45) is 0 Å². The van der Waals surface area contributed by atoms with Crippen LogP contribution >= 0.6 is 0 Å². The van der Waals surface area contributed by atoms with Gasteiger partial charge in [-0.3, -0.25) is 14.4 Å². The molecule has 1 aromatic carbocycles. The van der Waals surface area contributed by atoms with Crippen LogP contribution in [0.2, 0.25) is 0 Å². The Morgan fingerprint density at radius 2 is 1.93 bits per heavy atom. The number of hydrogen-bond donors (Lipinski definition) is 1. The molecule has 7 nitrogen and oxygen atoms in total. The molecule has 2 amide bonds. The summed E-state index contributed by atoms with van der Waals surface area (Å²) < 4.78 is 11.0. The van der Waals surface area contributed by atoms with E-state index >= 15 is 0 Å². The Kier molecular flexibility index (Phi) is 7.10. The molecular weight excluding hydrogens is 348 g/mol. The number of carbonyl (C=O) groups is 3. The van der Waals surface area contributed by atoms with E-state index in [2.05, 4.69) is 5.32 Å². The Bertz CT molecular complexity index is 682. The van der Waals surface area contributed by atoms with E-state index in [0.29, 0.717) is 18.6 Å². The first-order valence-electron chi connectivity index (χ1n) is 9.14. The molecule has 1 saturated heterocycles. The molecule has 148 valence electrons. The maximum atomic E-state index is 12.9. The average molecular weight is 376 g/mol. The third-order valence-corrected chi connectivity index (χ3v) is 5.02. The molecule has 1 aromatic rings. The second kappa shape index (κ2) is 9.10. The highest BCUT2D eigenvalue weighted by Gasteiger charge is 2.46. The number of aryl methyl sites for hydroxylation is 1. The van der Waals surface area contributed by atoms with Gasteiger partial charge in [0.25, 0.3) is 11.8 Å². The minimum atomic E-state index is -1.69. The fourth-order valence-corrected chi connectivity index (χ4v) is 2.95. The normalized spacial score (nSPS) is 19.0. The van der Waals surface area contributed by atoms with Crippen LogP contribution in [0.25, 0.3) is 0 Å². The molecule has 1 aliphatic heterocycles. The number of carbonyl (C=O) groups excluding carboxylic acids is 3. The zero-order valence-electron chi connectivity index (χ0n) is 16.4. The average Bonchev–Trinajstić information content (AvgIpc) is 2.70. The van der Waals surface area contributed by atoms with E-state index in [-0.39, 0.29) is 6.61 Å². The van der Waals surface area contributed by atoms with E-state index in [9.17, 15) is 14.4 Å². The molecule has 0 bridgehead atoms. The molecule has 0 spiro atoms. The first-order valence-corrected chi connectivity index (χ1v) is 9.14. The third-order valence-electron chi connectivity index (χ3n) is 5.02. The summed E-state index contributed by atoms with van der Waals surface area (Å²) in [6, 6.07) is 6.97. The summed E-state index contributed by atoms with van der Waals surface area (Å²) in [5.41, 5.74) is -0.270. The number of ketones is 1. The molecule has 2 atom stereocenters. The quantitative estimate of drug-likeness (QED) is 0.732. The Labute approximate surface area is 160 Å². The lowest BCUT2D eigenvalue weighted by Crippen LogP contribution is -2.62. The summed E-state index contributed by atoms with van der Waals surface area (Å²) in [4.78, 5) is 39.5. The topological polar surface area (TPSA) is 84.9 Å². The van der Waals surface area contributed by atoms with Crippen molar-refractivity contribution in [3.63, 3.8) is 0 Å². The second-order valence-corrected chi connectivity index (χ2v) is 6.91. The minimum Gasteiger partial charge on any atom is -0.357 e. The SMILES string of the molecule is CNC(=O)[C@@](C)(C(=O)COC1CCCCO1)N(C)C(=O)c1ccc(C)cc1. The van der Waals surface area contributed by atoms with Crippen molar-refractivity contribution >= 4 is 17.6 Å². The molecule has 0 aliphatic carbocycles. The highest BCUT2D eigenvalue weighted by atomic mass is 16.7. The van der Waals surface area contributed by atoms with Crippen molar-refractivity contribution in [1.29, 1.82) is 0 Å². The Balaban J connectivity index is 2.17. The first-order chi connectivity index (χ1) is 12.8. The predicted molar refractivity (Wildman–Crippen MR) is 100 cm³/mol. The van der Waals surface area contributed by atoms with Crippen LogP contribution in [0.5, 0.6) is 0 Å². The molecule has 27 heavy (non-hydrogen) atoms. The van der Waals surface area contributed by atoms with Crippen molar-refractivity contribution in [2.75, 3.05) is 27.3 Å². The van der Waals surface area contributed by atoms with Gasteiger partial charge in [0, 0.05) is 26.3 Å². The summed E-state index contributed by atoms with van der Waals surface area (Å²) in [5.74, 6) is -1.48. The summed E-state index contributed by atoms with van der Waals surface area (Å²) >= 11 is 0. The van der Waals surface area contributed by atoms with Crippen LogP contribution in [0.15, 0.2) is 24.3 Å². The van der Waals surface area contributed by atoms with Gasteiger partial charge in [-0.25, -0.2) is 0 Å². The van der Waals surface area contributed by atoms with Crippen LogP contribution in [0.1, 0.15) is 42.1 Å². The Hall–Kier alpha value is -2.25. The van der Waals surface area contributed by atoms with Crippen molar-refractivity contribution in [2.45, 2.75) is 44.9 Å². The largest absolute Gasteiger partial charge is 0.357 e. The van der Waals surface area contributed by atoms with Gasteiger partial charge in [-0.2, -0.15) is 0 Å². The highest BCUT2D eigenvalue weighted by molar-refractivity contribution is 6.14. The lowest BCUT2D eigenvalue weighted by atomic mass is 9.92. The molecule has 0 radical (unpaired) electrons. The zero-order valence-corrected chi connectivity index (χ0v) is 16.4. The van der Waals surface area contributed by atoms with Gasteiger partial charge in [0.15, 0.2) is 17.6 Å². The van der Waals surface area contributed by atoms with Gasteiger partial charge in [0.05, 0.1) is 0 Å². The van der Waals surface area contributed by atoms with Gasteiger partial charge in [0.1, 0.15) is 6.61 Å². The number of benzene rings is 1. The second-order valence-electron chi connectivity index (χ2n) is 6.91. The van der Waals surface area contributed by atoms with Crippen LogP contribution in [0.4, 0.5) is 0 Å². The monoisotopic (exact) mass is 376 g/mol. The predicted octanol–water partition coefficient (Wildman–Crippen LogP) is 1.68. The fraction of sp³-hybridized carbons (Fsp3) is 0.550. The minimum absolute atomic E-state index is 0.305. The zero-order chi connectivity index (χ0) is 20.0. The van der Waals surface area contributed by atoms with Gasteiger partial charge < -0.3 is 19.7 Å². The van der Waals surface area contributed by atoms with E-state index in [1.807, 2.05) is 19.1 Å². The van der Waals surface area contributed by atoms with Crippen molar-refractivity contribution in [3.8, 4) is 0 Å². The molecule has 7 heteroatoms. The standard InChI is InChI=1S/C20H28N2O5/c1-14-8-10-15(11-9-14)18(24)22(4)20(2,19(25)21-3)16(23)13-27-17-7-5-6-12-26-17/h8-11,17H,5-7,12-13H2,1-4H3,(H,21,25)/t17?,20-/m1/s1. The first kappa shape index (κ1) is 21.1. The number of hydrogen-bond acceptors (Lipinski definition) is 5. The third kappa shape index (κ3) is 4.73. The van der Waals surface area contributed by atoms with Gasteiger partial charge in [-0.05, 0) is 45.2 Å². The van der Waals surface area contributed by atoms with Crippen LogP contribution in [-0.4, -0.2) is 61.6 Å². The molecule has 1 N–H and O–H groups in total. The summed E-state index contributed by atoms with van der Waals surface area (Å²) in [7, 11) is 2.88. The van der Waals surface area contributed by atoms with Gasteiger partial charge in [-0.15, -0.1) is 0 Å². The highest BCUT2D eigenvalue weighted by Crippen LogP contribution is 2.21. The Morgan fingerprint density at radius 3 is 2.48 bits per heavy atom. The number of Topliss-reactive ketones (excluding diaryl/α,β-unsaturated/α-hetero) is 1. The number of nitrogens with one attached hydrogen (secondary N) is 1. The smallest absolute Gasteiger partial charge is 0.254 e. The lowest BCUT2D eigenvalue weighted by molar-refractivity contribution is -0.174. The van der Waals surface area contributed by atoms with E-state index in [1.165, 1.54) is 25.9 Å². The van der Waals surface area contributed by atoms with E-state index in [4.69, 9.17) is 9.47 Å². The molecule has 1 aliphatic rings. The van der Waals surface area contributed by atoms with Gasteiger partial charge in [-0.1, -0.05) is 17.7 Å². The summed E-state index contributed by atoms with van der Waals surface area (Å²) in [5, 5.41) is 2.48. The molecule has 0 saturated carbocycles. The van der Waals surface area contributed by atoms with Crippen LogP contribution in [0.3, 0.4) is 0 Å². The molecule has 1 heterocycles. The maximum Gasteiger partial charge on any atom is 0.254 e. The molecule has 2 rings (SSSR count). The summed E-state index contributed by atoms with van der Waals surface area (Å²) in [6.45, 7) is 3.64. The van der Waals surface area contributed by atoms with Crippen molar-refractivity contribution in [1.82, 2.24) is 10.2 Å². The Morgan fingerprint density at radius 1 is 1.26 bits per heavy atom. The number of nitrogens with zero attached hydrogens (tertiary/aromatic N) is 1. The molecular formula is C20H28N2O5. The number of rotatable bonds is 7. The maximum absolute atomic E-state index is 12.9. The van der Waals surface area contributed by atoms with Gasteiger partial charge >= 0.3 is 0 Å². The number of amides is 2. The number of ether oxygens (including phenoxy) is 2. The molecule has 1 fully saturated rings. The van der Waals surface area contributed by atoms with Gasteiger partial charge in [0.2, 0.25) is 0 Å². The number of likely N-dealkylation sites (N-methyl/N-ethyl adjacent to an activating group) is 2. The van der Waals surface area contributed by atoms with Crippen LogP contribution in [-0.2, 0) is 19.1 Å². The van der Waals surface area contributed by atoms with E-state index in [0.717, 1.165) is 18.4 Å².